The van der Waals surface area contributed by atoms with E-state index in [-0.39, 0.29) is 42.2 Å². The van der Waals surface area contributed by atoms with Crippen molar-refractivity contribution >= 4 is 17.6 Å². The molecular weight excluding hydrogens is 443 g/mol. The molecule has 0 radical (unpaired) electrons. The number of amides is 2. The maximum Gasteiger partial charge on any atom is 0.270 e. The highest BCUT2D eigenvalue weighted by molar-refractivity contribution is 6.03. The lowest BCUT2D eigenvalue weighted by Gasteiger charge is -2.26. The molecule has 0 saturated heterocycles. The number of carbonyl (C=O) groups is 2. The number of rotatable bonds is 13. The number of aliphatic hydroxyl groups excluding tert-OH is 1. The largest absolute Gasteiger partial charge is 0.491 e. The Morgan fingerprint density at radius 2 is 2.12 bits per heavy atom. The molecule has 34 heavy (non-hydrogen) atoms. The van der Waals surface area contributed by atoms with Crippen LogP contribution in [-0.2, 0) is 9.59 Å². The zero-order valence-electron chi connectivity index (χ0n) is 19.8. The number of ether oxygens (including phenoxy) is 2. The first-order chi connectivity index (χ1) is 16.3. The lowest BCUT2D eigenvalue weighted by molar-refractivity contribution is -0.134. The van der Waals surface area contributed by atoms with Crippen LogP contribution in [0.2, 0.25) is 0 Å². The number of aliphatic imine (C=N–C) groups is 1. The van der Waals surface area contributed by atoms with E-state index >= 15 is 0 Å². The number of aliphatic hydroxyl groups is 1. The van der Waals surface area contributed by atoms with Gasteiger partial charge in [0, 0.05) is 25.4 Å². The fraction of sp³-hybridized carbons (Fsp3) is 0.458. The van der Waals surface area contributed by atoms with Crippen molar-refractivity contribution in [2.45, 2.75) is 39.7 Å². The Balaban J connectivity index is 2.11. The molecule has 2 rings (SSSR count). The summed E-state index contributed by atoms with van der Waals surface area (Å²) >= 11 is 0. The van der Waals surface area contributed by atoms with Gasteiger partial charge in [-0.2, -0.15) is 9.38 Å². The van der Waals surface area contributed by atoms with Crippen molar-refractivity contribution in [1.29, 1.82) is 0 Å². The lowest BCUT2D eigenvalue weighted by atomic mass is 10.0. The van der Waals surface area contributed by atoms with Crippen LogP contribution >= 0.6 is 0 Å². The number of carbonyl (C=O) groups excluding carboxylic acids is 2. The zero-order chi connectivity index (χ0) is 25.1. The maximum absolute atomic E-state index is 14.6. The first-order valence-electron chi connectivity index (χ1n) is 11.3. The monoisotopic (exact) mass is 476 g/mol. The number of nitrogens with one attached hydrogen (secondary N) is 1. The predicted octanol–water partition coefficient (Wildman–Crippen LogP) is 2.11. The van der Waals surface area contributed by atoms with Crippen molar-refractivity contribution in [2.24, 2.45) is 16.6 Å². The molecule has 1 aromatic carbocycles. The average Bonchev–Trinajstić information content (AvgIpc) is 3.14. The van der Waals surface area contributed by atoms with Gasteiger partial charge in [0.05, 0.1) is 13.2 Å². The van der Waals surface area contributed by atoms with Crippen LogP contribution in [-0.4, -0.2) is 60.0 Å². The first-order valence-corrected chi connectivity index (χ1v) is 11.3. The van der Waals surface area contributed by atoms with Crippen molar-refractivity contribution in [3.8, 4) is 11.5 Å². The van der Waals surface area contributed by atoms with Crippen LogP contribution in [0.4, 0.5) is 4.39 Å². The van der Waals surface area contributed by atoms with Crippen LogP contribution in [0.15, 0.2) is 47.3 Å². The highest BCUT2D eigenvalue weighted by Crippen LogP contribution is 2.29. The molecule has 10 heteroatoms. The van der Waals surface area contributed by atoms with E-state index in [0.717, 1.165) is 0 Å². The molecule has 1 heterocycles. The standard InChI is InChI=1S/C24H33FN4O5/c1-4-33-19-7-5-8-20(23(19)25)34-17-14-22(31)29(15-17)18(13-16(2)3)24(32)28-21(26)9-11-27-10-6-12-30/h5,7-9,11,14,16,18,27,30H,4,6,10,12-13,15H2,1-3H3,(H2,26,28,32)/b11-9-. The molecule has 0 aliphatic carbocycles. The Hall–Kier alpha value is -3.40. The molecule has 0 aromatic heterocycles. The van der Waals surface area contributed by atoms with Gasteiger partial charge in [-0.15, -0.1) is 0 Å². The second kappa shape index (κ2) is 13.3. The minimum atomic E-state index is -0.848. The molecule has 2 amide bonds. The fourth-order valence-corrected chi connectivity index (χ4v) is 3.27. The van der Waals surface area contributed by atoms with Crippen molar-refractivity contribution in [1.82, 2.24) is 10.2 Å². The van der Waals surface area contributed by atoms with E-state index < -0.39 is 23.7 Å². The Bertz CT molecular complexity index is 945. The number of amidine groups is 1. The van der Waals surface area contributed by atoms with Crippen molar-refractivity contribution in [3.05, 3.63) is 48.1 Å². The summed E-state index contributed by atoms with van der Waals surface area (Å²) in [7, 11) is 0. The van der Waals surface area contributed by atoms with Gasteiger partial charge in [-0.05, 0) is 43.9 Å². The summed E-state index contributed by atoms with van der Waals surface area (Å²) < 4.78 is 25.5. The molecule has 0 fully saturated rings. The van der Waals surface area contributed by atoms with Gasteiger partial charge in [0.1, 0.15) is 17.6 Å². The Morgan fingerprint density at radius 1 is 1.38 bits per heavy atom. The first kappa shape index (κ1) is 26.8. The van der Waals surface area contributed by atoms with E-state index in [1.54, 1.807) is 19.2 Å². The normalized spacial score (nSPS) is 15.1. The number of nitrogens with zero attached hydrogens (tertiary/aromatic N) is 2. The van der Waals surface area contributed by atoms with Gasteiger partial charge in [0.2, 0.25) is 5.82 Å². The quantitative estimate of drug-likeness (QED) is 0.226. The van der Waals surface area contributed by atoms with Gasteiger partial charge in [-0.3, -0.25) is 9.59 Å². The van der Waals surface area contributed by atoms with Crippen LogP contribution in [0.5, 0.6) is 11.5 Å². The molecule has 1 atom stereocenters. The summed E-state index contributed by atoms with van der Waals surface area (Å²) in [6, 6.07) is 3.67. The molecule has 1 aliphatic rings. The van der Waals surface area contributed by atoms with E-state index in [9.17, 15) is 14.0 Å². The fourth-order valence-electron chi connectivity index (χ4n) is 3.27. The summed E-state index contributed by atoms with van der Waals surface area (Å²) in [5, 5.41) is 11.7. The third-order valence-electron chi connectivity index (χ3n) is 4.81. The summed E-state index contributed by atoms with van der Waals surface area (Å²) in [6.45, 7) is 6.51. The molecular formula is C24H33FN4O5. The SMILES string of the molecule is CCOc1cccc(OC2=CC(=O)N(C(CC(C)C)C(=O)N=C(N)/C=C\NCCCO)C2)c1F. The number of nitrogens with two attached hydrogens (primary N) is 1. The van der Waals surface area contributed by atoms with E-state index in [1.807, 2.05) is 13.8 Å². The van der Waals surface area contributed by atoms with E-state index in [1.165, 1.54) is 29.2 Å². The van der Waals surface area contributed by atoms with Crippen molar-refractivity contribution in [2.75, 3.05) is 26.3 Å². The summed E-state index contributed by atoms with van der Waals surface area (Å²) in [5.41, 5.74) is 5.83. The van der Waals surface area contributed by atoms with Crippen LogP contribution in [0.25, 0.3) is 0 Å². The van der Waals surface area contributed by atoms with Gasteiger partial charge in [0.15, 0.2) is 11.5 Å². The average molecular weight is 477 g/mol. The van der Waals surface area contributed by atoms with E-state index in [0.29, 0.717) is 26.0 Å². The minimum Gasteiger partial charge on any atom is -0.491 e. The Morgan fingerprint density at radius 3 is 2.79 bits per heavy atom. The smallest absolute Gasteiger partial charge is 0.270 e. The van der Waals surface area contributed by atoms with Crippen molar-refractivity contribution in [3.63, 3.8) is 0 Å². The topological polar surface area (TPSA) is 126 Å². The number of hydrogen-bond donors (Lipinski definition) is 3. The number of hydrogen-bond acceptors (Lipinski definition) is 6. The van der Waals surface area contributed by atoms with Gasteiger partial charge in [-0.1, -0.05) is 19.9 Å². The molecule has 0 spiro atoms. The van der Waals surface area contributed by atoms with Gasteiger partial charge in [-0.25, -0.2) is 0 Å². The van der Waals surface area contributed by atoms with Gasteiger partial charge < -0.3 is 30.5 Å². The second-order valence-corrected chi connectivity index (χ2v) is 8.07. The number of halogens is 1. The van der Waals surface area contributed by atoms with Gasteiger partial charge in [0.25, 0.3) is 11.8 Å². The number of benzene rings is 1. The minimum absolute atomic E-state index is 0.00571. The molecule has 9 nitrogen and oxygen atoms in total. The third-order valence-corrected chi connectivity index (χ3v) is 4.81. The summed E-state index contributed by atoms with van der Waals surface area (Å²) in [6.07, 6.45) is 5.17. The lowest BCUT2D eigenvalue weighted by Crippen LogP contribution is -2.43. The highest BCUT2D eigenvalue weighted by atomic mass is 19.1. The van der Waals surface area contributed by atoms with Crippen molar-refractivity contribution < 1.29 is 28.6 Å². The van der Waals surface area contributed by atoms with Gasteiger partial charge >= 0.3 is 0 Å². The van der Waals surface area contributed by atoms with Crippen LogP contribution in [0, 0.1) is 11.7 Å². The predicted molar refractivity (Wildman–Crippen MR) is 127 cm³/mol. The Kier molecular flexibility index (Phi) is 10.5. The van der Waals surface area contributed by atoms with E-state index in [2.05, 4.69) is 10.3 Å². The van der Waals surface area contributed by atoms with E-state index in [4.69, 9.17) is 20.3 Å². The molecule has 0 saturated carbocycles. The molecule has 0 bridgehead atoms. The van der Waals surface area contributed by atoms with Crippen LogP contribution in [0.3, 0.4) is 0 Å². The molecule has 4 N–H and O–H groups in total. The van der Waals surface area contributed by atoms with Crippen LogP contribution in [0.1, 0.15) is 33.6 Å². The molecule has 1 aliphatic heterocycles. The maximum atomic E-state index is 14.6. The summed E-state index contributed by atoms with van der Waals surface area (Å²) in [5.74, 6) is -1.37. The zero-order valence-corrected chi connectivity index (χ0v) is 19.8. The molecule has 186 valence electrons. The summed E-state index contributed by atoms with van der Waals surface area (Å²) in [4.78, 5) is 30.9. The molecule has 1 unspecified atom stereocenters. The Labute approximate surface area is 199 Å². The molecule has 1 aromatic rings. The van der Waals surface area contributed by atoms with Crippen LogP contribution < -0.4 is 20.5 Å². The second-order valence-electron chi connectivity index (χ2n) is 8.07. The third kappa shape index (κ3) is 7.87. The highest BCUT2D eigenvalue weighted by Gasteiger charge is 2.35.